The minimum Gasteiger partial charge on any atom is -0.280 e. The molecule has 1 aromatic heterocycles. The Morgan fingerprint density at radius 3 is 2.38 bits per heavy atom. The van der Waals surface area contributed by atoms with E-state index < -0.39 is 9.84 Å². The molecule has 4 nitrogen and oxygen atoms in total. The maximum absolute atomic E-state index is 12.9. The molecule has 3 aromatic rings. The lowest BCUT2D eigenvalue weighted by molar-refractivity contribution is 0.0962. The maximum atomic E-state index is 12.9. The minimum absolute atomic E-state index is 0.0962. The summed E-state index contributed by atoms with van der Waals surface area (Å²) in [5.41, 5.74) is 2.24. The summed E-state index contributed by atoms with van der Waals surface area (Å²) in [7, 11) is -3.28. The van der Waals surface area contributed by atoms with Crippen molar-refractivity contribution in [2.24, 2.45) is 0 Å². The summed E-state index contributed by atoms with van der Waals surface area (Å²) >= 11 is 0. The summed E-state index contributed by atoms with van der Waals surface area (Å²) in [6, 6.07) is 15.9. The van der Waals surface area contributed by atoms with Gasteiger partial charge in [-0.05, 0) is 42.8 Å². The fourth-order valence-electron chi connectivity index (χ4n) is 2.87. The Hall–Kier alpha value is -2.40. The first-order valence-corrected chi connectivity index (χ1v) is 9.75. The van der Waals surface area contributed by atoms with E-state index in [-0.39, 0.29) is 10.8 Å². The van der Waals surface area contributed by atoms with E-state index in [9.17, 15) is 13.2 Å². The number of nitrogens with zero attached hydrogens (tertiary/aromatic N) is 1. The molecule has 0 amide bonds. The number of benzene rings is 2. The Morgan fingerprint density at radius 1 is 1.04 bits per heavy atom. The standard InChI is InChI=1S/C19H19NO3S/c1-3-7-16-12-15-13-17(24(2,22)23)10-11-18(15)20(16)19(21)14-8-5-4-6-9-14/h4-6,8-13H,3,7H2,1-2H3. The Labute approximate surface area is 141 Å². The molecule has 0 bridgehead atoms. The topological polar surface area (TPSA) is 56.1 Å². The van der Waals surface area contributed by atoms with Crippen LogP contribution in [0, 0.1) is 0 Å². The van der Waals surface area contributed by atoms with E-state index in [2.05, 4.69) is 6.92 Å². The summed E-state index contributed by atoms with van der Waals surface area (Å²) < 4.78 is 25.2. The zero-order chi connectivity index (χ0) is 17.3. The summed E-state index contributed by atoms with van der Waals surface area (Å²) in [4.78, 5) is 13.2. The number of carbonyl (C=O) groups excluding carboxylic acids is 1. The number of hydrogen-bond donors (Lipinski definition) is 0. The van der Waals surface area contributed by atoms with Gasteiger partial charge in [0.15, 0.2) is 9.84 Å². The van der Waals surface area contributed by atoms with Crippen molar-refractivity contribution in [3.8, 4) is 0 Å². The molecule has 24 heavy (non-hydrogen) atoms. The van der Waals surface area contributed by atoms with Gasteiger partial charge in [-0.2, -0.15) is 0 Å². The van der Waals surface area contributed by atoms with E-state index in [0.29, 0.717) is 5.56 Å². The summed E-state index contributed by atoms with van der Waals surface area (Å²) in [6.45, 7) is 2.05. The second-order valence-corrected chi connectivity index (χ2v) is 7.90. The van der Waals surface area contributed by atoms with E-state index >= 15 is 0 Å². The van der Waals surface area contributed by atoms with Crippen LogP contribution in [-0.4, -0.2) is 25.1 Å². The highest BCUT2D eigenvalue weighted by Gasteiger charge is 2.18. The fourth-order valence-corrected chi connectivity index (χ4v) is 3.53. The summed E-state index contributed by atoms with van der Waals surface area (Å²) in [5, 5.41) is 0.769. The van der Waals surface area contributed by atoms with Crippen LogP contribution in [0.4, 0.5) is 0 Å². The predicted molar refractivity (Wildman–Crippen MR) is 95.2 cm³/mol. The molecule has 5 heteroatoms. The molecule has 0 N–H and O–H groups in total. The summed E-state index contributed by atoms with van der Waals surface area (Å²) in [6.07, 6.45) is 2.84. The Balaban J connectivity index is 2.22. The van der Waals surface area contributed by atoms with Gasteiger partial charge in [0, 0.05) is 22.9 Å². The lowest BCUT2D eigenvalue weighted by Crippen LogP contribution is -2.14. The van der Waals surface area contributed by atoms with Gasteiger partial charge in [0.25, 0.3) is 5.91 Å². The smallest absolute Gasteiger partial charge is 0.262 e. The predicted octanol–water partition coefficient (Wildman–Crippen LogP) is 3.69. The molecule has 3 rings (SSSR count). The molecule has 0 spiro atoms. The number of fused-ring (bicyclic) bond motifs is 1. The molecule has 0 aliphatic carbocycles. The monoisotopic (exact) mass is 341 g/mol. The third kappa shape index (κ3) is 2.99. The molecule has 0 fully saturated rings. The molecule has 2 aromatic carbocycles. The second-order valence-electron chi connectivity index (χ2n) is 5.89. The normalized spacial score (nSPS) is 11.8. The van der Waals surface area contributed by atoms with Crippen molar-refractivity contribution in [1.82, 2.24) is 4.57 Å². The van der Waals surface area contributed by atoms with Crippen molar-refractivity contribution in [1.29, 1.82) is 0 Å². The number of sulfone groups is 1. The van der Waals surface area contributed by atoms with Crippen LogP contribution in [0.3, 0.4) is 0 Å². The molecule has 0 aliphatic heterocycles. The van der Waals surface area contributed by atoms with Crippen LogP contribution in [0.1, 0.15) is 29.4 Å². The van der Waals surface area contributed by atoms with E-state index in [1.807, 2.05) is 24.3 Å². The number of aryl methyl sites for hydroxylation is 1. The van der Waals surface area contributed by atoms with Gasteiger partial charge in [0.2, 0.25) is 0 Å². The van der Waals surface area contributed by atoms with E-state index in [4.69, 9.17) is 0 Å². The van der Waals surface area contributed by atoms with Crippen LogP contribution in [0.2, 0.25) is 0 Å². The summed E-state index contributed by atoms with van der Waals surface area (Å²) in [5.74, 6) is -0.0962. The third-order valence-electron chi connectivity index (χ3n) is 4.01. The molecule has 0 saturated carbocycles. The highest BCUT2D eigenvalue weighted by Crippen LogP contribution is 2.25. The van der Waals surface area contributed by atoms with Gasteiger partial charge < -0.3 is 0 Å². The molecule has 0 atom stereocenters. The first-order chi connectivity index (χ1) is 11.4. The Bertz CT molecular complexity index is 1000. The molecule has 124 valence electrons. The second kappa shape index (κ2) is 6.24. The lowest BCUT2D eigenvalue weighted by Gasteiger charge is -2.09. The van der Waals surface area contributed by atoms with Gasteiger partial charge in [-0.3, -0.25) is 9.36 Å². The third-order valence-corrected chi connectivity index (χ3v) is 5.12. The van der Waals surface area contributed by atoms with Gasteiger partial charge in [0.1, 0.15) is 0 Å². The number of rotatable bonds is 4. The van der Waals surface area contributed by atoms with E-state index in [1.54, 1.807) is 34.9 Å². The lowest BCUT2D eigenvalue weighted by atomic mass is 10.2. The van der Waals surface area contributed by atoms with Gasteiger partial charge in [0.05, 0.1) is 10.4 Å². The van der Waals surface area contributed by atoms with Crippen molar-refractivity contribution in [3.05, 3.63) is 65.9 Å². The Kier molecular flexibility index (Phi) is 4.28. The zero-order valence-electron chi connectivity index (χ0n) is 13.7. The van der Waals surface area contributed by atoms with Crippen molar-refractivity contribution >= 4 is 26.6 Å². The van der Waals surface area contributed by atoms with Crippen molar-refractivity contribution in [2.45, 2.75) is 24.7 Å². The Morgan fingerprint density at radius 2 is 1.75 bits per heavy atom. The first kappa shape index (κ1) is 16.5. The van der Waals surface area contributed by atoms with Gasteiger partial charge in [-0.15, -0.1) is 0 Å². The first-order valence-electron chi connectivity index (χ1n) is 7.86. The van der Waals surface area contributed by atoms with Crippen LogP contribution in [-0.2, 0) is 16.3 Å². The zero-order valence-corrected chi connectivity index (χ0v) is 14.5. The number of aromatic nitrogens is 1. The van der Waals surface area contributed by atoms with Crippen molar-refractivity contribution in [2.75, 3.05) is 6.26 Å². The van der Waals surface area contributed by atoms with E-state index in [0.717, 1.165) is 29.4 Å². The quantitative estimate of drug-likeness (QED) is 0.727. The highest BCUT2D eigenvalue weighted by molar-refractivity contribution is 7.90. The average molecular weight is 341 g/mol. The molecule has 0 radical (unpaired) electrons. The number of carbonyl (C=O) groups is 1. The van der Waals surface area contributed by atoms with E-state index in [1.165, 1.54) is 6.26 Å². The minimum atomic E-state index is -3.28. The molecular formula is C19H19NO3S. The van der Waals surface area contributed by atoms with Crippen molar-refractivity contribution < 1.29 is 13.2 Å². The molecule has 0 aliphatic rings. The van der Waals surface area contributed by atoms with Crippen molar-refractivity contribution in [3.63, 3.8) is 0 Å². The largest absolute Gasteiger partial charge is 0.280 e. The van der Waals surface area contributed by atoms with Gasteiger partial charge >= 0.3 is 0 Å². The average Bonchev–Trinajstić information content (AvgIpc) is 2.91. The maximum Gasteiger partial charge on any atom is 0.262 e. The fraction of sp³-hybridized carbons (Fsp3) is 0.211. The number of hydrogen-bond acceptors (Lipinski definition) is 3. The van der Waals surface area contributed by atoms with Crippen LogP contribution in [0.5, 0.6) is 0 Å². The highest BCUT2D eigenvalue weighted by atomic mass is 32.2. The SMILES string of the molecule is CCCc1cc2cc(S(C)(=O)=O)ccc2n1C(=O)c1ccccc1. The van der Waals surface area contributed by atoms with Gasteiger partial charge in [-0.1, -0.05) is 31.5 Å². The van der Waals surface area contributed by atoms with Crippen LogP contribution < -0.4 is 0 Å². The van der Waals surface area contributed by atoms with Crippen LogP contribution >= 0.6 is 0 Å². The molecule has 0 unspecified atom stereocenters. The molecule has 1 heterocycles. The van der Waals surface area contributed by atoms with Gasteiger partial charge in [-0.25, -0.2) is 8.42 Å². The molecular weight excluding hydrogens is 322 g/mol. The van der Waals surface area contributed by atoms with Crippen LogP contribution in [0.15, 0.2) is 59.5 Å². The molecule has 0 saturated heterocycles. The van der Waals surface area contributed by atoms with Crippen LogP contribution in [0.25, 0.3) is 10.9 Å².